The number of nitrogens with two attached hydrogens (primary N) is 1. The topological polar surface area (TPSA) is 58.9 Å². The van der Waals surface area contributed by atoms with E-state index in [0.717, 1.165) is 0 Å². The van der Waals surface area contributed by atoms with Gasteiger partial charge in [-0.1, -0.05) is 44.8 Å². The lowest BCUT2D eigenvalue weighted by Gasteiger charge is -2.47. The summed E-state index contributed by atoms with van der Waals surface area (Å²) >= 11 is 6.14. The van der Waals surface area contributed by atoms with Crippen molar-refractivity contribution in [2.75, 3.05) is 0 Å². The van der Waals surface area contributed by atoms with Gasteiger partial charge < -0.3 is 10.7 Å². The molecule has 1 heterocycles. The van der Waals surface area contributed by atoms with Gasteiger partial charge >= 0.3 is 0 Å². The Kier molecular flexibility index (Phi) is 3.88. The van der Waals surface area contributed by atoms with Crippen molar-refractivity contribution in [3.63, 3.8) is 0 Å². The Bertz CT molecular complexity index is 893. The smallest absolute Gasteiger partial charge is 0.225 e. The van der Waals surface area contributed by atoms with E-state index in [0.29, 0.717) is 16.5 Å². The minimum Gasteiger partial charge on any atom is -0.369 e. The van der Waals surface area contributed by atoms with Crippen LogP contribution in [0.15, 0.2) is 0 Å². The van der Waals surface area contributed by atoms with Crippen LogP contribution in [0, 0.1) is 0 Å². The highest BCUT2D eigenvalue weighted by molar-refractivity contribution is 6.63. The molecule has 3 nitrogen and oxygen atoms in total. The number of primary amides is 1. The first-order valence-electron chi connectivity index (χ1n) is 7.03. The molecule has 14 radical (unpaired) electrons. The van der Waals surface area contributed by atoms with E-state index in [1.165, 1.54) is 0 Å². The summed E-state index contributed by atoms with van der Waals surface area (Å²) in [7, 11) is 42.5. The molecule has 3 N–H and O–H groups in total. The van der Waals surface area contributed by atoms with Crippen LogP contribution in [0.5, 0.6) is 0 Å². The first kappa shape index (κ1) is 17.8. The summed E-state index contributed by atoms with van der Waals surface area (Å²) in [5.41, 5.74) is 6.84. The highest BCUT2D eigenvalue weighted by Gasteiger charge is 2.47. The van der Waals surface area contributed by atoms with Gasteiger partial charge in [-0.05, 0) is 10.9 Å². The zero-order valence-electron chi connectivity index (χ0n) is 12.7. The molecule has 0 saturated carbocycles. The number of nitrogens with one attached hydrogen (secondary N) is 1. The van der Waals surface area contributed by atoms with Gasteiger partial charge in [-0.25, -0.2) is 0 Å². The lowest BCUT2D eigenvalue weighted by atomic mass is 9.33. The Labute approximate surface area is 154 Å². The van der Waals surface area contributed by atoms with Crippen molar-refractivity contribution in [1.82, 2.24) is 4.98 Å². The maximum atomic E-state index is 12.0. The fourth-order valence-electron chi connectivity index (χ4n) is 3.57. The van der Waals surface area contributed by atoms with Crippen molar-refractivity contribution < 1.29 is 4.79 Å². The number of H-pyrrole nitrogens is 1. The minimum absolute atomic E-state index is 0.0746. The van der Waals surface area contributed by atoms with E-state index in [1.807, 2.05) is 0 Å². The van der Waals surface area contributed by atoms with E-state index in [9.17, 15) is 4.79 Å². The Hall–Kier alpha value is -1.03. The van der Waals surface area contributed by atoms with Gasteiger partial charge in [-0.2, -0.15) is 0 Å². The van der Waals surface area contributed by atoms with E-state index in [1.54, 1.807) is 0 Å². The molecule has 3 rings (SSSR count). The van der Waals surface area contributed by atoms with Crippen LogP contribution in [0.4, 0.5) is 0 Å². The summed E-state index contributed by atoms with van der Waals surface area (Å²) in [6.07, 6.45) is -0.116. The SMILES string of the molecule is [B]c1c(Cl)c([B])c2c3c([nH]c2c1[B])C(C(N)=O)C([B])([B])CC3([B])[B]. The molecule has 1 unspecified atom stereocenters. The molecule has 102 valence electrons. The van der Waals surface area contributed by atoms with E-state index < -0.39 is 22.3 Å². The molecule has 1 aromatic heterocycles. The number of halogens is 1. The Morgan fingerprint density at radius 1 is 1.12 bits per heavy atom. The molecular weight excluding hydrogens is 311 g/mol. The third kappa shape index (κ3) is 2.25. The van der Waals surface area contributed by atoms with E-state index in [2.05, 4.69) is 4.98 Å². The van der Waals surface area contributed by atoms with Crippen LogP contribution in [-0.4, -0.2) is 65.8 Å². The molecule has 0 saturated heterocycles. The minimum atomic E-state index is -1.55. The zero-order chi connectivity index (χ0) is 18.2. The van der Waals surface area contributed by atoms with Gasteiger partial charge in [0.2, 0.25) is 5.91 Å². The Balaban J connectivity index is 2.52. The van der Waals surface area contributed by atoms with Crippen molar-refractivity contribution >= 4 is 99.7 Å². The highest BCUT2D eigenvalue weighted by Crippen LogP contribution is 2.53. The van der Waals surface area contributed by atoms with Gasteiger partial charge in [0.15, 0.2) is 0 Å². The van der Waals surface area contributed by atoms with E-state index in [4.69, 9.17) is 72.3 Å². The van der Waals surface area contributed by atoms with Crippen molar-refractivity contribution in [3.05, 3.63) is 16.3 Å². The number of hydrogen-bond donors (Lipinski definition) is 2. The predicted molar refractivity (Wildman–Crippen MR) is 103 cm³/mol. The monoisotopic (exact) mass is 318 g/mol. The van der Waals surface area contributed by atoms with Crippen molar-refractivity contribution in [1.29, 1.82) is 0 Å². The first-order valence-corrected chi connectivity index (χ1v) is 7.40. The second-order valence-corrected chi connectivity index (χ2v) is 6.76. The number of benzene rings is 1. The average molecular weight is 317 g/mol. The number of amides is 1. The number of aromatic nitrogens is 1. The van der Waals surface area contributed by atoms with Crippen LogP contribution < -0.4 is 22.1 Å². The van der Waals surface area contributed by atoms with Crippen LogP contribution >= 0.6 is 11.6 Å². The van der Waals surface area contributed by atoms with Gasteiger partial charge in [-0.3, -0.25) is 4.79 Å². The van der Waals surface area contributed by atoms with Crippen molar-refractivity contribution in [2.24, 2.45) is 5.73 Å². The third-order valence-corrected chi connectivity index (χ3v) is 4.91. The molecule has 1 aliphatic carbocycles. The molecule has 2 aromatic rings. The van der Waals surface area contributed by atoms with E-state index in [-0.39, 0.29) is 33.5 Å². The van der Waals surface area contributed by atoms with Gasteiger partial charge in [0, 0.05) is 16.2 Å². The van der Waals surface area contributed by atoms with Crippen molar-refractivity contribution in [2.45, 2.75) is 22.8 Å². The molecule has 1 aliphatic rings. The van der Waals surface area contributed by atoms with Crippen LogP contribution in [0.1, 0.15) is 23.6 Å². The highest BCUT2D eigenvalue weighted by atomic mass is 35.5. The van der Waals surface area contributed by atoms with Crippen molar-refractivity contribution in [3.8, 4) is 0 Å². The molecule has 0 fully saturated rings. The molecule has 0 bridgehead atoms. The first-order chi connectivity index (χ1) is 10.9. The summed E-state index contributed by atoms with van der Waals surface area (Å²) in [6, 6.07) is 0. The zero-order valence-corrected chi connectivity index (χ0v) is 13.4. The molecule has 0 spiro atoms. The maximum absolute atomic E-state index is 12.0. The second-order valence-electron chi connectivity index (χ2n) is 6.38. The number of hydrogen-bond acceptors (Lipinski definition) is 1. The fraction of sp³-hybridized carbons (Fsp3) is 0.308. The van der Waals surface area contributed by atoms with Crippen LogP contribution in [-0.2, 0) is 10.0 Å². The number of carbonyl (C=O) groups excluding carboxylic acids is 1. The molecule has 1 aromatic carbocycles. The van der Waals surface area contributed by atoms with Crippen LogP contribution in [0.2, 0.25) is 10.2 Å². The van der Waals surface area contributed by atoms with Gasteiger partial charge in [0.1, 0.15) is 23.5 Å². The number of carbonyl (C=O) groups is 1. The third-order valence-electron chi connectivity index (χ3n) is 4.51. The summed E-state index contributed by atoms with van der Waals surface area (Å²) in [5.74, 6) is -1.81. The van der Waals surface area contributed by atoms with Gasteiger partial charge in [-0.15, -0.1) is 0 Å². The van der Waals surface area contributed by atoms with Gasteiger partial charge in [0.25, 0.3) is 0 Å². The number of fused-ring (bicyclic) bond motifs is 3. The second kappa shape index (κ2) is 5.23. The average Bonchev–Trinajstić information content (AvgIpc) is 2.81. The molecule has 11 heteroatoms. The van der Waals surface area contributed by atoms with E-state index >= 15 is 0 Å². The number of rotatable bonds is 1. The molecule has 24 heavy (non-hydrogen) atoms. The lowest BCUT2D eigenvalue weighted by molar-refractivity contribution is -0.120. The maximum Gasteiger partial charge on any atom is 0.225 e. The standard InChI is InChI=1S/C13H6B7ClN2O/c14-5-2-3-10(23-9(2)7(16)6(15)8(5)21)4(11(22)24)13(19,20)1-12(3,17)18/h4,23H,1H2,(H2,22,24). The largest absolute Gasteiger partial charge is 0.369 e. The summed E-state index contributed by atoms with van der Waals surface area (Å²) in [4.78, 5) is 14.9. The lowest BCUT2D eigenvalue weighted by Crippen LogP contribution is -2.46. The quantitative estimate of drug-likeness (QED) is 0.546. The van der Waals surface area contributed by atoms with Crippen LogP contribution in [0.3, 0.4) is 0 Å². The molecule has 0 aliphatic heterocycles. The Morgan fingerprint density at radius 2 is 1.71 bits per heavy atom. The van der Waals surface area contributed by atoms with Gasteiger partial charge in [0.05, 0.1) is 37.3 Å². The number of aromatic amines is 1. The van der Waals surface area contributed by atoms with Crippen LogP contribution in [0.25, 0.3) is 10.9 Å². The molecule has 1 atom stereocenters. The predicted octanol–water partition coefficient (Wildman–Crippen LogP) is -2.88. The molecule has 1 amide bonds. The summed E-state index contributed by atoms with van der Waals surface area (Å²) < 4.78 is 0. The summed E-state index contributed by atoms with van der Waals surface area (Å²) in [5, 5.41) is -2.58. The fourth-order valence-corrected chi connectivity index (χ4v) is 3.77. The Morgan fingerprint density at radius 3 is 2.25 bits per heavy atom. The summed E-state index contributed by atoms with van der Waals surface area (Å²) in [6.45, 7) is 0. The normalized spacial score (nSPS) is 21.5. The molecular formula is C13H6B7ClN2O.